The van der Waals surface area contributed by atoms with Gasteiger partial charge in [-0.2, -0.15) is 0 Å². The van der Waals surface area contributed by atoms with E-state index in [9.17, 15) is 14.4 Å². The molecule has 4 N–H and O–H groups in total. The van der Waals surface area contributed by atoms with Gasteiger partial charge in [0.15, 0.2) is 5.96 Å². The number of nitrogens with zero attached hydrogens (tertiary/aromatic N) is 3. The molecule has 1 spiro atoms. The summed E-state index contributed by atoms with van der Waals surface area (Å²) in [6.07, 6.45) is 1.19. The van der Waals surface area contributed by atoms with E-state index in [0.29, 0.717) is 45.4 Å². The van der Waals surface area contributed by atoms with E-state index in [1.807, 2.05) is 30.3 Å². The van der Waals surface area contributed by atoms with Crippen LogP contribution in [0, 0.1) is 0 Å². The van der Waals surface area contributed by atoms with Crippen molar-refractivity contribution in [2.45, 2.75) is 37.4 Å². The quantitative estimate of drug-likeness (QED) is 0.667. The molecule has 1 aromatic rings. The molecule has 4 rings (SSSR count). The molecule has 0 radical (unpaired) electrons. The van der Waals surface area contributed by atoms with Crippen molar-refractivity contribution in [1.29, 1.82) is 0 Å². The summed E-state index contributed by atoms with van der Waals surface area (Å²) in [7, 11) is 0. The average Bonchev–Trinajstić information content (AvgIpc) is 3.15. The van der Waals surface area contributed by atoms with Gasteiger partial charge in [-0.05, 0) is 18.4 Å². The van der Waals surface area contributed by atoms with Crippen molar-refractivity contribution in [3.8, 4) is 0 Å². The minimum Gasteiger partial charge on any atom is -0.370 e. The van der Waals surface area contributed by atoms with Crippen LogP contribution in [0.4, 0.5) is 4.79 Å². The topological polar surface area (TPSA) is 120 Å². The normalized spacial score (nSPS) is 23.7. The van der Waals surface area contributed by atoms with Gasteiger partial charge in [0.25, 0.3) is 5.91 Å². The van der Waals surface area contributed by atoms with Crippen LogP contribution in [0.2, 0.25) is 0 Å². The van der Waals surface area contributed by atoms with Crippen LogP contribution in [0.1, 0.15) is 24.8 Å². The summed E-state index contributed by atoms with van der Waals surface area (Å²) in [6.45, 7) is 1.89. The Hall–Kier alpha value is -3.10. The van der Waals surface area contributed by atoms with Crippen LogP contribution in [-0.4, -0.2) is 64.8 Å². The van der Waals surface area contributed by atoms with Gasteiger partial charge in [-0.1, -0.05) is 30.3 Å². The lowest BCUT2D eigenvalue weighted by Crippen LogP contribution is -2.54. The molecule has 3 aliphatic rings. The first-order chi connectivity index (χ1) is 13.4. The van der Waals surface area contributed by atoms with Gasteiger partial charge in [0.05, 0.1) is 6.04 Å². The summed E-state index contributed by atoms with van der Waals surface area (Å²) < 4.78 is 0. The molecule has 9 heteroatoms. The molecule has 0 saturated carbocycles. The van der Waals surface area contributed by atoms with E-state index >= 15 is 0 Å². The van der Waals surface area contributed by atoms with Gasteiger partial charge in [0.2, 0.25) is 5.91 Å². The van der Waals surface area contributed by atoms with Gasteiger partial charge in [-0.3, -0.25) is 14.9 Å². The second kappa shape index (κ2) is 7.14. The summed E-state index contributed by atoms with van der Waals surface area (Å²) in [6, 6.07) is 9.39. The number of urea groups is 1. The van der Waals surface area contributed by atoms with Gasteiger partial charge >= 0.3 is 6.03 Å². The average molecular weight is 384 g/mol. The van der Waals surface area contributed by atoms with Crippen molar-refractivity contribution in [3.05, 3.63) is 35.9 Å². The maximum atomic E-state index is 12.6. The number of carbonyl (C=O) groups excluding carboxylic acids is 3. The monoisotopic (exact) mass is 384 g/mol. The summed E-state index contributed by atoms with van der Waals surface area (Å²) in [5.74, 6) is -0.00642. The van der Waals surface area contributed by atoms with Crippen LogP contribution in [0.15, 0.2) is 35.3 Å². The molecule has 148 valence electrons. The van der Waals surface area contributed by atoms with E-state index in [1.165, 1.54) is 0 Å². The molecule has 2 saturated heterocycles. The Morgan fingerprint density at radius 1 is 1.25 bits per heavy atom. The molecule has 0 aliphatic carbocycles. The number of aliphatic imine (C=N–C) groups is 1. The first kappa shape index (κ1) is 18.3. The lowest BCUT2D eigenvalue weighted by Gasteiger charge is -2.35. The number of amides is 4. The minimum atomic E-state index is -0.837. The smallest absolute Gasteiger partial charge is 0.317 e. The number of benzene rings is 1. The van der Waals surface area contributed by atoms with Crippen molar-refractivity contribution in [1.82, 2.24) is 20.4 Å². The number of nitrogens with two attached hydrogens (primary N) is 1. The number of rotatable bonds is 3. The zero-order chi connectivity index (χ0) is 19.7. The molecule has 2 fully saturated rings. The van der Waals surface area contributed by atoms with Gasteiger partial charge in [0, 0.05) is 32.6 Å². The Bertz CT molecular complexity index is 816. The fraction of sp³-hybridized carbons (Fsp3) is 0.474. The van der Waals surface area contributed by atoms with E-state index in [2.05, 4.69) is 15.6 Å². The molecule has 1 atom stereocenters. The zero-order valence-electron chi connectivity index (χ0n) is 15.6. The number of piperidine rings is 1. The Kier molecular flexibility index (Phi) is 4.66. The third-order valence-electron chi connectivity index (χ3n) is 5.63. The minimum absolute atomic E-state index is 0.0409. The fourth-order valence-electron chi connectivity index (χ4n) is 4.05. The fourth-order valence-corrected chi connectivity index (χ4v) is 4.05. The number of hydrogen-bond donors (Lipinski definition) is 3. The Balaban J connectivity index is 1.29. The molecule has 9 nitrogen and oxygen atoms in total. The van der Waals surface area contributed by atoms with Crippen LogP contribution in [0.25, 0.3) is 0 Å². The largest absolute Gasteiger partial charge is 0.370 e. The number of guanidine groups is 1. The number of likely N-dealkylation sites (tertiary alicyclic amines) is 2. The van der Waals surface area contributed by atoms with Crippen LogP contribution < -0.4 is 16.4 Å². The molecular weight excluding hydrogens is 360 g/mol. The summed E-state index contributed by atoms with van der Waals surface area (Å²) in [5.41, 5.74) is 5.84. The van der Waals surface area contributed by atoms with Crippen molar-refractivity contribution in [2.24, 2.45) is 10.7 Å². The number of carbonyl (C=O) groups is 3. The summed E-state index contributed by atoms with van der Waals surface area (Å²) in [5, 5.41) is 5.49. The van der Waals surface area contributed by atoms with E-state index in [-0.39, 0.29) is 29.8 Å². The van der Waals surface area contributed by atoms with E-state index in [0.717, 1.165) is 5.56 Å². The van der Waals surface area contributed by atoms with Crippen LogP contribution in [0.5, 0.6) is 0 Å². The second-order valence-electron chi connectivity index (χ2n) is 7.58. The van der Waals surface area contributed by atoms with Gasteiger partial charge in [-0.15, -0.1) is 0 Å². The SMILES string of the molecule is NC1=NC2(CCN(C(=O)N[C@@H]3CC(=O)N(Cc4ccccc4)C3)CC2)C(=O)N1. The Labute approximate surface area is 162 Å². The van der Waals surface area contributed by atoms with E-state index < -0.39 is 5.54 Å². The maximum Gasteiger partial charge on any atom is 0.317 e. The summed E-state index contributed by atoms with van der Waals surface area (Å²) >= 11 is 0. The molecule has 3 heterocycles. The third-order valence-corrected chi connectivity index (χ3v) is 5.63. The van der Waals surface area contributed by atoms with Gasteiger partial charge in [0.1, 0.15) is 5.54 Å². The van der Waals surface area contributed by atoms with Crippen LogP contribution in [0.3, 0.4) is 0 Å². The molecule has 0 unspecified atom stereocenters. The first-order valence-electron chi connectivity index (χ1n) is 9.49. The highest BCUT2D eigenvalue weighted by atomic mass is 16.2. The maximum absolute atomic E-state index is 12.6. The highest BCUT2D eigenvalue weighted by molar-refractivity contribution is 6.06. The highest BCUT2D eigenvalue weighted by Gasteiger charge is 2.46. The predicted octanol–water partition coefficient (Wildman–Crippen LogP) is -0.224. The number of nitrogens with one attached hydrogen (secondary N) is 2. The van der Waals surface area contributed by atoms with E-state index in [4.69, 9.17) is 5.73 Å². The van der Waals surface area contributed by atoms with Crippen LogP contribution >= 0.6 is 0 Å². The Morgan fingerprint density at radius 3 is 2.61 bits per heavy atom. The molecular formula is C19H24N6O3. The summed E-state index contributed by atoms with van der Waals surface area (Å²) in [4.78, 5) is 44.6. The molecule has 28 heavy (non-hydrogen) atoms. The third kappa shape index (κ3) is 3.51. The zero-order valence-corrected chi connectivity index (χ0v) is 15.6. The Morgan fingerprint density at radius 2 is 1.96 bits per heavy atom. The van der Waals surface area contributed by atoms with Gasteiger partial charge in [-0.25, -0.2) is 9.79 Å². The standard InChI is InChI=1S/C19H24N6O3/c20-17-22-16(27)19(23-17)6-8-24(9-7-19)18(28)21-14-10-15(26)25(12-14)11-13-4-2-1-3-5-13/h1-5,14H,6-12H2,(H,21,28)(H3,20,22,23,27)/t14-/m1/s1. The van der Waals surface area contributed by atoms with Crippen molar-refractivity contribution in [3.63, 3.8) is 0 Å². The highest BCUT2D eigenvalue weighted by Crippen LogP contribution is 2.29. The molecule has 1 aromatic carbocycles. The van der Waals surface area contributed by atoms with Crippen LogP contribution in [-0.2, 0) is 16.1 Å². The second-order valence-corrected chi connectivity index (χ2v) is 7.58. The molecule has 0 aromatic heterocycles. The lowest BCUT2D eigenvalue weighted by molar-refractivity contribution is -0.128. The molecule has 3 aliphatic heterocycles. The van der Waals surface area contributed by atoms with E-state index in [1.54, 1.807) is 9.80 Å². The molecule has 0 bridgehead atoms. The van der Waals surface area contributed by atoms with Gasteiger partial charge < -0.3 is 20.9 Å². The van der Waals surface area contributed by atoms with Crippen molar-refractivity contribution in [2.75, 3.05) is 19.6 Å². The lowest BCUT2D eigenvalue weighted by atomic mass is 9.88. The predicted molar refractivity (Wildman–Crippen MR) is 102 cm³/mol. The number of hydrogen-bond acceptors (Lipinski definition) is 5. The molecule has 4 amide bonds. The first-order valence-corrected chi connectivity index (χ1v) is 9.49. The van der Waals surface area contributed by atoms with Crippen molar-refractivity contribution >= 4 is 23.8 Å². The van der Waals surface area contributed by atoms with Crippen molar-refractivity contribution < 1.29 is 14.4 Å².